The van der Waals surface area contributed by atoms with Gasteiger partial charge in [-0.25, -0.2) is 10.2 Å². The number of benzene rings is 2. The summed E-state index contributed by atoms with van der Waals surface area (Å²) in [6.07, 6.45) is 0.872. The summed E-state index contributed by atoms with van der Waals surface area (Å²) in [7, 11) is 0. The molecule has 11 heteroatoms. The standard InChI is InChI=1S/C16H12N4O7/c21-15(18-17-9-10-1-3-11(4-2-10)16(22)23)7-12-5-6-13(19(24)25)8-14(12)20(26)27/h1-6,8-9H,7H2,(H,18,21)(H,22,23). The molecule has 11 nitrogen and oxygen atoms in total. The number of carboxylic acids is 1. The molecule has 0 heterocycles. The minimum Gasteiger partial charge on any atom is -0.478 e. The first kappa shape index (κ1) is 19.2. The summed E-state index contributed by atoms with van der Waals surface area (Å²) in [5, 5.41) is 34.2. The number of carbonyl (C=O) groups is 2. The van der Waals surface area contributed by atoms with E-state index in [1.807, 2.05) is 0 Å². The molecule has 0 aliphatic carbocycles. The fourth-order valence-electron chi connectivity index (χ4n) is 2.09. The summed E-state index contributed by atoms with van der Waals surface area (Å²) in [5.74, 6) is -1.73. The number of non-ortho nitro benzene ring substituents is 1. The summed E-state index contributed by atoms with van der Waals surface area (Å²) < 4.78 is 0. The SMILES string of the molecule is O=C(Cc1ccc([N+](=O)[O-])cc1[N+](=O)[O-])NN=Cc1ccc(C(=O)O)cc1. The maximum Gasteiger partial charge on any atom is 0.335 e. The number of nitrogens with zero attached hydrogens (tertiary/aromatic N) is 3. The van der Waals surface area contributed by atoms with Gasteiger partial charge in [-0.1, -0.05) is 12.1 Å². The smallest absolute Gasteiger partial charge is 0.335 e. The molecule has 0 spiro atoms. The number of carbonyl (C=O) groups excluding carboxylic acids is 1. The molecule has 0 bridgehead atoms. The number of hydrogen-bond acceptors (Lipinski definition) is 7. The fourth-order valence-corrected chi connectivity index (χ4v) is 2.09. The number of nitro benzene ring substituents is 2. The predicted octanol–water partition coefficient (Wildman–Crippen LogP) is 1.89. The first-order valence-corrected chi connectivity index (χ1v) is 7.35. The first-order chi connectivity index (χ1) is 12.8. The van der Waals surface area contributed by atoms with Crippen molar-refractivity contribution in [2.24, 2.45) is 5.10 Å². The number of aromatic carboxylic acids is 1. The number of carboxylic acid groups (broad SMARTS) is 1. The molecule has 0 saturated heterocycles. The summed E-state index contributed by atoms with van der Waals surface area (Å²) in [5.41, 5.74) is 1.83. The van der Waals surface area contributed by atoms with Crippen molar-refractivity contribution in [3.05, 3.63) is 79.4 Å². The second-order valence-electron chi connectivity index (χ2n) is 5.22. The van der Waals surface area contributed by atoms with Crippen molar-refractivity contribution >= 4 is 29.5 Å². The van der Waals surface area contributed by atoms with Gasteiger partial charge in [0.25, 0.3) is 11.4 Å². The maximum absolute atomic E-state index is 11.9. The van der Waals surface area contributed by atoms with Crippen molar-refractivity contribution in [1.82, 2.24) is 5.43 Å². The predicted molar refractivity (Wildman–Crippen MR) is 92.6 cm³/mol. The Morgan fingerprint density at radius 2 is 1.74 bits per heavy atom. The number of nitrogens with one attached hydrogen (secondary N) is 1. The van der Waals surface area contributed by atoms with Crippen LogP contribution in [0.5, 0.6) is 0 Å². The number of amides is 1. The normalized spacial score (nSPS) is 10.5. The molecule has 2 aromatic carbocycles. The zero-order chi connectivity index (χ0) is 20.0. The Balaban J connectivity index is 2.04. The van der Waals surface area contributed by atoms with E-state index in [4.69, 9.17) is 5.11 Å². The van der Waals surface area contributed by atoms with Gasteiger partial charge >= 0.3 is 5.97 Å². The zero-order valence-corrected chi connectivity index (χ0v) is 13.6. The van der Waals surface area contributed by atoms with Gasteiger partial charge in [0.1, 0.15) is 0 Å². The van der Waals surface area contributed by atoms with E-state index < -0.39 is 39.5 Å². The van der Waals surface area contributed by atoms with Crippen molar-refractivity contribution < 1.29 is 24.5 Å². The third kappa shape index (κ3) is 5.16. The van der Waals surface area contributed by atoms with Crippen LogP contribution in [0.3, 0.4) is 0 Å². The van der Waals surface area contributed by atoms with Crippen molar-refractivity contribution in [2.75, 3.05) is 0 Å². The largest absolute Gasteiger partial charge is 0.478 e. The Morgan fingerprint density at radius 1 is 1.07 bits per heavy atom. The van der Waals surface area contributed by atoms with Crippen molar-refractivity contribution in [3.8, 4) is 0 Å². The molecule has 2 rings (SSSR count). The Kier molecular flexibility index (Phi) is 5.89. The summed E-state index contributed by atoms with van der Waals surface area (Å²) in [6.45, 7) is 0. The van der Waals surface area contributed by atoms with Crippen LogP contribution in [0.25, 0.3) is 0 Å². The van der Waals surface area contributed by atoms with Gasteiger partial charge in [-0.3, -0.25) is 25.0 Å². The molecule has 0 unspecified atom stereocenters. The van der Waals surface area contributed by atoms with E-state index in [-0.39, 0.29) is 11.1 Å². The van der Waals surface area contributed by atoms with Crippen LogP contribution in [0.15, 0.2) is 47.6 Å². The third-order valence-corrected chi connectivity index (χ3v) is 3.39. The molecule has 0 saturated carbocycles. The van der Waals surface area contributed by atoms with E-state index in [2.05, 4.69) is 10.5 Å². The Labute approximate surface area is 151 Å². The highest BCUT2D eigenvalue weighted by Gasteiger charge is 2.20. The van der Waals surface area contributed by atoms with E-state index in [0.717, 1.165) is 18.2 Å². The monoisotopic (exact) mass is 372 g/mol. The lowest BCUT2D eigenvalue weighted by Gasteiger charge is -2.02. The highest BCUT2D eigenvalue weighted by Crippen LogP contribution is 2.24. The molecule has 0 atom stereocenters. The fraction of sp³-hybridized carbons (Fsp3) is 0.0625. The van der Waals surface area contributed by atoms with Gasteiger partial charge in [0.15, 0.2) is 0 Å². The van der Waals surface area contributed by atoms with Crippen LogP contribution in [-0.4, -0.2) is 33.0 Å². The molecule has 138 valence electrons. The van der Waals surface area contributed by atoms with E-state index in [0.29, 0.717) is 5.56 Å². The molecular formula is C16H12N4O7. The lowest BCUT2D eigenvalue weighted by molar-refractivity contribution is -0.394. The first-order valence-electron chi connectivity index (χ1n) is 7.35. The van der Waals surface area contributed by atoms with Gasteiger partial charge in [0, 0.05) is 11.6 Å². The molecule has 2 aromatic rings. The number of nitro groups is 2. The Bertz CT molecular complexity index is 938. The van der Waals surface area contributed by atoms with Gasteiger partial charge in [-0.2, -0.15) is 5.10 Å². The van der Waals surface area contributed by atoms with Gasteiger partial charge in [0.05, 0.1) is 34.1 Å². The third-order valence-electron chi connectivity index (χ3n) is 3.39. The molecule has 0 aliphatic rings. The lowest BCUT2D eigenvalue weighted by atomic mass is 10.1. The van der Waals surface area contributed by atoms with E-state index in [9.17, 15) is 29.8 Å². The highest BCUT2D eigenvalue weighted by molar-refractivity contribution is 5.89. The maximum atomic E-state index is 11.9. The molecule has 0 aliphatic heterocycles. The second kappa shape index (κ2) is 8.29. The molecule has 0 radical (unpaired) electrons. The van der Waals surface area contributed by atoms with Gasteiger partial charge in [-0.15, -0.1) is 0 Å². The van der Waals surface area contributed by atoms with Crippen LogP contribution < -0.4 is 5.43 Å². The van der Waals surface area contributed by atoms with Crippen LogP contribution in [0.4, 0.5) is 11.4 Å². The van der Waals surface area contributed by atoms with Crippen LogP contribution in [-0.2, 0) is 11.2 Å². The van der Waals surface area contributed by atoms with Gasteiger partial charge in [-0.05, 0) is 23.8 Å². The van der Waals surface area contributed by atoms with Gasteiger partial charge in [0.2, 0.25) is 5.91 Å². The summed E-state index contributed by atoms with van der Waals surface area (Å²) >= 11 is 0. The van der Waals surface area contributed by atoms with Crippen molar-refractivity contribution in [3.63, 3.8) is 0 Å². The van der Waals surface area contributed by atoms with Crippen molar-refractivity contribution in [2.45, 2.75) is 6.42 Å². The van der Waals surface area contributed by atoms with Crippen LogP contribution >= 0.6 is 0 Å². The molecule has 2 N–H and O–H groups in total. The number of hydrogen-bond donors (Lipinski definition) is 2. The molecular weight excluding hydrogens is 360 g/mol. The average Bonchev–Trinajstić information content (AvgIpc) is 2.62. The topological polar surface area (TPSA) is 165 Å². The Morgan fingerprint density at radius 3 is 2.30 bits per heavy atom. The summed E-state index contributed by atoms with van der Waals surface area (Å²) in [4.78, 5) is 42.8. The lowest BCUT2D eigenvalue weighted by Crippen LogP contribution is -2.20. The number of rotatable bonds is 7. The highest BCUT2D eigenvalue weighted by atomic mass is 16.6. The van der Waals surface area contributed by atoms with E-state index in [1.54, 1.807) is 0 Å². The summed E-state index contributed by atoms with van der Waals surface area (Å²) in [6, 6.07) is 8.71. The van der Waals surface area contributed by atoms with Gasteiger partial charge < -0.3 is 5.11 Å². The Hall–Kier alpha value is -4.15. The molecule has 1 amide bonds. The minimum absolute atomic E-state index is 0.00381. The van der Waals surface area contributed by atoms with E-state index >= 15 is 0 Å². The van der Waals surface area contributed by atoms with Crippen LogP contribution in [0.1, 0.15) is 21.5 Å². The number of hydrazone groups is 1. The van der Waals surface area contributed by atoms with Crippen LogP contribution in [0.2, 0.25) is 0 Å². The zero-order valence-electron chi connectivity index (χ0n) is 13.6. The quantitative estimate of drug-likeness (QED) is 0.425. The minimum atomic E-state index is -1.07. The molecule has 0 fully saturated rings. The average molecular weight is 372 g/mol. The van der Waals surface area contributed by atoms with Crippen molar-refractivity contribution in [1.29, 1.82) is 0 Å². The molecule has 0 aromatic heterocycles. The second-order valence-corrected chi connectivity index (χ2v) is 5.22. The van der Waals surface area contributed by atoms with Crippen LogP contribution in [0, 0.1) is 20.2 Å². The van der Waals surface area contributed by atoms with E-state index in [1.165, 1.54) is 30.5 Å². The molecule has 27 heavy (non-hydrogen) atoms.